The summed E-state index contributed by atoms with van der Waals surface area (Å²) < 4.78 is 5.19. The van der Waals surface area contributed by atoms with Gasteiger partial charge in [0.25, 0.3) is 0 Å². The van der Waals surface area contributed by atoms with Crippen LogP contribution < -0.4 is 27.0 Å². The summed E-state index contributed by atoms with van der Waals surface area (Å²) in [5.41, 5.74) is 6.39. The standard InChI is InChI=1S/C24H39N5O5/c1-4-5-6-13-27-24(33)34-16-18-9-11-19(12-10-18)28-22(31)20(8-7-14-26-23(25)32)29-21(30)15-17(2)3/h9-12,17,20H,4-8,13-16H2,1-3H3,(H,27,33)(H,28,31)(H,29,30)(H3,25,26,32)/t20-/m0/s1. The van der Waals surface area contributed by atoms with Crippen LogP contribution in [0.2, 0.25) is 0 Å². The number of nitrogens with one attached hydrogen (secondary N) is 4. The van der Waals surface area contributed by atoms with Gasteiger partial charge in [-0.25, -0.2) is 9.59 Å². The number of carbonyl (C=O) groups is 4. The molecule has 0 saturated heterocycles. The topological polar surface area (TPSA) is 152 Å². The van der Waals surface area contributed by atoms with Crippen LogP contribution in [-0.2, 0) is 20.9 Å². The number of primary amides is 1. The van der Waals surface area contributed by atoms with Crippen LogP contribution in [0.15, 0.2) is 24.3 Å². The Morgan fingerprint density at radius 1 is 0.971 bits per heavy atom. The molecular weight excluding hydrogens is 438 g/mol. The molecule has 0 spiro atoms. The van der Waals surface area contributed by atoms with E-state index in [1.807, 2.05) is 13.8 Å². The quantitative estimate of drug-likeness (QED) is 0.246. The van der Waals surface area contributed by atoms with Gasteiger partial charge in [0.2, 0.25) is 11.8 Å². The van der Waals surface area contributed by atoms with Crippen LogP contribution in [0, 0.1) is 5.92 Å². The first-order chi connectivity index (χ1) is 16.2. The average molecular weight is 478 g/mol. The maximum absolute atomic E-state index is 12.8. The number of ether oxygens (including phenoxy) is 1. The molecule has 0 saturated carbocycles. The van der Waals surface area contributed by atoms with Crippen molar-refractivity contribution in [3.8, 4) is 0 Å². The molecular formula is C24H39N5O5. The lowest BCUT2D eigenvalue weighted by Crippen LogP contribution is -2.44. The first-order valence-corrected chi connectivity index (χ1v) is 11.8. The van der Waals surface area contributed by atoms with Crippen molar-refractivity contribution in [1.82, 2.24) is 16.0 Å². The lowest BCUT2D eigenvalue weighted by atomic mass is 10.1. The Balaban J connectivity index is 2.59. The predicted molar refractivity (Wildman–Crippen MR) is 131 cm³/mol. The molecule has 10 nitrogen and oxygen atoms in total. The van der Waals surface area contributed by atoms with Crippen LogP contribution in [-0.4, -0.2) is 43.1 Å². The van der Waals surface area contributed by atoms with Gasteiger partial charge in [0.15, 0.2) is 0 Å². The number of alkyl carbamates (subject to hydrolysis) is 1. The predicted octanol–water partition coefficient (Wildman–Crippen LogP) is 3.02. The van der Waals surface area contributed by atoms with Gasteiger partial charge in [0.05, 0.1) is 0 Å². The summed E-state index contributed by atoms with van der Waals surface area (Å²) in [6, 6.07) is 5.53. The summed E-state index contributed by atoms with van der Waals surface area (Å²) in [6.07, 6.45) is 3.72. The van der Waals surface area contributed by atoms with Crippen molar-refractivity contribution in [3.63, 3.8) is 0 Å². The van der Waals surface area contributed by atoms with Crippen LogP contribution in [0.5, 0.6) is 0 Å². The molecule has 0 aliphatic carbocycles. The number of carbonyl (C=O) groups excluding carboxylic acids is 4. The fraction of sp³-hybridized carbons (Fsp3) is 0.583. The zero-order valence-electron chi connectivity index (χ0n) is 20.4. The summed E-state index contributed by atoms with van der Waals surface area (Å²) in [4.78, 5) is 47.5. The Morgan fingerprint density at radius 3 is 2.26 bits per heavy atom. The highest BCUT2D eigenvalue weighted by molar-refractivity contribution is 5.97. The fourth-order valence-electron chi connectivity index (χ4n) is 3.09. The normalized spacial score (nSPS) is 11.4. The highest BCUT2D eigenvalue weighted by atomic mass is 16.5. The van der Waals surface area contributed by atoms with Crippen LogP contribution in [0.25, 0.3) is 0 Å². The van der Waals surface area contributed by atoms with Crippen LogP contribution >= 0.6 is 0 Å². The molecule has 0 fully saturated rings. The number of hydrogen-bond donors (Lipinski definition) is 5. The van der Waals surface area contributed by atoms with Gasteiger partial charge in [-0.1, -0.05) is 45.7 Å². The van der Waals surface area contributed by atoms with Crippen molar-refractivity contribution in [2.24, 2.45) is 11.7 Å². The van der Waals surface area contributed by atoms with Crippen molar-refractivity contribution in [2.75, 3.05) is 18.4 Å². The zero-order valence-corrected chi connectivity index (χ0v) is 20.4. The molecule has 6 N–H and O–H groups in total. The van der Waals surface area contributed by atoms with Crippen molar-refractivity contribution < 1.29 is 23.9 Å². The smallest absolute Gasteiger partial charge is 0.407 e. The number of hydrogen-bond acceptors (Lipinski definition) is 5. The van der Waals surface area contributed by atoms with Crippen LogP contribution in [0.3, 0.4) is 0 Å². The van der Waals surface area contributed by atoms with Crippen molar-refractivity contribution in [2.45, 2.75) is 71.9 Å². The van der Waals surface area contributed by atoms with E-state index >= 15 is 0 Å². The van der Waals surface area contributed by atoms with Gasteiger partial charge in [0, 0.05) is 25.2 Å². The largest absolute Gasteiger partial charge is 0.445 e. The second-order valence-corrected chi connectivity index (χ2v) is 8.55. The van der Waals surface area contributed by atoms with Gasteiger partial charge in [-0.05, 0) is 42.9 Å². The third-order valence-corrected chi connectivity index (χ3v) is 4.86. The van der Waals surface area contributed by atoms with E-state index in [1.54, 1.807) is 24.3 Å². The Morgan fingerprint density at radius 2 is 1.65 bits per heavy atom. The molecule has 0 bridgehead atoms. The first-order valence-electron chi connectivity index (χ1n) is 11.8. The molecule has 1 aromatic carbocycles. The number of urea groups is 1. The van der Waals surface area contributed by atoms with Gasteiger partial charge in [-0.3, -0.25) is 9.59 Å². The molecule has 0 unspecified atom stereocenters. The SMILES string of the molecule is CCCCCNC(=O)OCc1ccc(NC(=O)[C@H](CCCNC(N)=O)NC(=O)CC(C)C)cc1. The minimum absolute atomic E-state index is 0.120. The van der Waals surface area contributed by atoms with E-state index in [0.717, 1.165) is 24.8 Å². The van der Waals surface area contributed by atoms with Crippen LogP contribution in [0.1, 0.15) is 64.9 Å². The molecule has 5 amide bonds. The molecule has 190 valence electrons. The van der Waals surface area contributed by atoms with E-state index in [4.69, 9.17) is 10.5 Å². The number of amides is 5. The number of benzene rings is 1. The van der Waals surface area contributed by atoms with Gasteiger partial charge in [0.1, 0.15) is 12.6 Å². The molecule has 0 aromatic heterocycles. The number of rotatable bonds is 15. The highest BCUT2D eigenvalue weighted by Gasteiger charge is 2.21. The van der Waals surface area contributed by atoms with E-state index in [0.29, 0.717) is 38.0 Å². The molecule has 0 radical (unpaired) electrons. The lowest BCUT2D eigenvalue weighted by Gasteiger charge is -2.19. The highest BCUT2D eigenvalue weighted by Crippen LogP contribution is 2.12. The maximum atomic E-state index is 12.8. The first kappa shape index (κ1) is 28.7. The summed E-state index contributed by atoms with van der Waals surface area (Å²) in [5, 5.41) is 10.7. The summed E-state index contributed by atoms with van der Waals surface area (Å²) in [7, 11) is 0. The van der Waals surface area contributed by atoms with Gasteiger partial charge < -0.3 is 31.7 Å². The van der Waals surface area contributed by atoms with E-state index in [-0.39, 0.29) is 24.3 Å². The third kappa shape index (κ3) is 13.3. The van der Waals surface area contributed by atoms with Gasteiger partial charge in [-0.2, -0.15) is 0 Å². The van der Waals surface area contributed by atoms with E-state index in [2.05, 4.69) is 28.2 Å². The second-order valence-electron chi connectivity index (χ2n) is 8.55. The number of nitrogens with two attached hydrogens (primary N) is 1. The van der Waals surface area contributed by atoms with Gasteiger partial charge >= 0.3 is 12.1 Å². The Kier molecular flexibility index (Phi) is 13.8. The molecule has 34 heavy (non-hydrogen) atoms. The zero-order chi connectivity index (χ0) is 25.3. The molecule has 10 heteroatoms. The second kappa shape index (κ2) is 16.3. The van der Waals surface area contributed by atoms with E-state index in [1.165, 1.54) is 0 Å². The Labute approximate surface area is 201 Å². The minimum atomic E-state index is -0.750. The van der Waals surface area contributed by atoms with Gasteiger partial charge in [-0.15, -0.1) is 0 Å². The molecule has 0 heterocycles. The molecule has 0 aliphatic heterocycles. The third-order valence-electron chi connectivity index (χ3n) is 4.86. The maximum Gasteiger partial charge on any atom is 0.407 e. The van der Waals surface area contributed by atoms with Crippen molar-refractivity contribution in [3.05, 3.63) is 29.8 Å². The van der Waals surface area contributed by atoms with Crippen molar-refractivity contribution in [1.29, 1.82) is 0 Å². The van der Waals surface area contributed by atoms with Crippen LogP contribution in [0.4, 0.5) is 15.3 Å². The average Bonchev–Trinajstić information content (AvgIpc) is 2.77. The minimum Gasteiger partial charge on any atom is -0.445 e. The number of anilines is 1. The van der Waals surface area contributed by atoms with Crippen molar-refractivity contribution >= 4 is 29.6 Å². The molecule has 1 aromatic rings. The van der Waals surface area contributed by atoms with E-state index in [9.17, 15) is 19.2 Å². The Hall–Kier alpha value is -3.30. The summed E-state index contributed by atoms with van der Waals surface area (Å²) >= 11 is 0. The molecule has 1 rings (SSSR count). The summed E-state index contributed by atoms with van der Waals surface area (Å²) in [6.45, 7) is 6.96. The lowest BCUT2D eigenvalue weighted by molar-refractivity contribution is -0.127. The number of unbranched alkanes of at least 4 members (excludes halogenated alkanes) is 2. The fourth-order valence-corrected chi connectivity index (χ4v) is 3.09. The van der Waals surface area contributed by atoms with E-state index < -0.39 is 18.2 Å². The Bertz CT molecular complexity index is 782. The molecule has 0 aliphatic rings. The monoisotopic (exact) mass is 477 g/mol. The summed E-state index contributed by atoms with van der Waals surface area (Å²) in [5.74, 6) is -0.404. The molecule has 1 atom stereocenters.